The Balaban J connectivity index is 1.86. The summed E-state index contributed by atoms with van der Waals surface area (Å²) in [6.07, 6.45) is 0. The van der Waals surface area contributed by atoms with Crippen molar-refractivity contribution in [3.63, 3.8) is 0 Å². The Morgan fingerprint density at radius 2 is 1.60 bits per heavy atom. The highest BCUT2D eigenvalue weighted by Gasteiger charge is 2.40. The molecule has 3 rings (SSSR count). The van der Waals surface area contributed by atoms with E-state index in [1.54, 1.807) is 36.4 Å². The van der Waals surface area contributed by atoms with Crippen molar-refractivity contribution in [3.8, 4) is 0 Å². The van der Waals surface area contributed by atoms with Gasteiger partial charge in [0.25, 0.3) is 11.8 Å². The summed E-state index contributed by atoms with van der Waals surface area (Å²) in [5.41, 5.74) is 1.12. The summed E-state index contributed by atoms with van der Waals surface area (Å²) in [6.45, 7) is 3.71. The first kappa shape index (κ1) is 17.2. The summed E-state index contributed by atoms with van der Waals surface area (Å²) in [5.74, 6) is -2.71. The van der Waals surface area contributed by atoms with E-state index in [-0.39, 0.29) is 17.0 Å². The molecular formula is C19H16ClNO4. The van der Waals surface area contributed by atoms with Crippen LogP contribution in [0.15, 0.2) is 48.5 Å². The average Bonchev–Trinajstić information content (AvgIpc) is 2.80. The van der Waals surface area contributed by atoms with Gasteiger partial charge in [-0.05, 0) is 35.7 Å². The Bertz CT molecular complexity index is 827. The van der Waals surface area contributed by atoms with Crippen LogP contribution in [0, 0.1) is 5.92 Å². The van der Waals surface area contributed by atoms with Crippen LogP contribution in [0.25, 0.3) is 0 Å². The number of fused-ring (bicyclic) bond motifs is 1. The van der Waals surface area contributed by atoms with Crippen molar-refractivity contribution in [2.75, 3.05) is 0 Å². The molecule has 6 heteroatoms. The van der Waals surface area contributed by atoms with Crippen LogP contribution < -0.4 is 0 Å². The van der Waals surface area contributed by atoms with Gasteiger partial charge in [-0.25, -0.2) is 4.79 Å². The molecule has 1 atom stereocenters. The van der Waals surface area contributed by atoms with Gasteiger partial charge >= 0.3 is 5.97 Å². The first-order chi connectivity index (χ1) is 11.9. The van der Waals surface area contributed by atoms with E-state index < -0.39 is 23.7 Å². The van der Waals surface area contributed by atoms with Crippen molar-refractivity contribution in [1.82, 2.24) is 5.06 Å². The molecular weight excluding hydrogens is 342 g/mol. The number of benzene rings is 2. The van der Waals surface area contributed by atoms with Crippen LogP contribution in [0.2, 0.25) is 5.02 Å². The molecule has 0 saturated carbocycles. The molecule has 0 radical (unpaired) electrons. The van der Waals surface area contributed by atoms with E-state index in [1.165, 1.54) is 12.1 Å². The molecule has 25 heavy (non-hydrogen) atoms. The lowest BCUT2D eigenvalue weighted by Gasteiger charge is -2.22. The van der Waals surface area contributed by atoms with Gasteiger partial charge in [0.05, 0.1) is 17.0 Å². The van der Waals surface area contributed by atoms with Gasteiger partial charge in [-0.2, -0.15) is 0 Å². The lowest BCUT2D eigenvalue weighted by atomic mass is 9.89. The second-order valence-electron chi connectivity index (χ2n) is 6.14. The minimum absolute atomic E-state index is 0.110. The van der Waals surface area contributed by atoms with Gasteiger partial charge in [0, 0.05) is 5.02 Å². The maximum Gasteiger partial charge on any atom is 0.340 e. The summed E-state index contributed by atoms with van der Waals surface area (Å²) >= 11 is 6.01. The van der Waals surface area contributed by atoms with Crippen molar-refractivity contribution in [2.45, 2.75) is 19.8 Å². The van der Waals surface area contributed by atoms with Crippen LogP contribution in [-0.4, -0.2) is 22.8 Å². The van der Waals surface area contributed by atoms with Crippen molar-refractivity contribution < 1.29 is 19.2 Å². The monoisotopic (exact) mass is 357 g/mol. The van der Waals surface area contributed by atoms with Gasteiger partial charge in [0.2, 0.25) is 0 Å². The molecule has 2 aromatic rings. The highest BCUT2D eigenvalue weighted by molar-refractivity contribution is 6.30. The summed E-state index contributed by atoms with van der Waals surface area (Å²) in [6, 6.07) is 13.2. The Morgan fingerprint density at radius 3 is 2.12 bits per heavy atom. The molecule has 0 saturated heterocycles. The number of hydroxylamine groups is 2. The third-order valence-electron chi connectivity index (χ3n) is 4.07. The number of hydrogen-bond acceptors (Lipinski definition) is 4. The SMILES string of the molecule is CC(C)C(C(=O)ON1C(=O)c2ccccc2C1=O)c1cccc(Cl)c1. The Kier molecular flexibility index (Phi) is 4.59. The molecule has 1 heterocycles. The maximum atomic E-state index is 12.7. The fourth-order valence-corrected chi connectivity index (χ4v) is 3.09. The van der Waals surface area contributed by atoms with Gasteiger partial charge in [0.1, 0.15) is 0 Å². The van der Waals surface area contributed by atoms with E-state index in [0.717, 1.165) is 0 Å². The molecule has 0 fully saturated rings. The van der Waals surface area contributed by atoms with Crippen LogP contribution in [0.3, 0.4) is 0 Å². The Hall–Kier alpha value is -2.66. The van der Waals surface area contributed by atoms with E-state index in [9.17, 15) is 14.4 Å². The number of hydrogen-bond donors (Lipinski definition) is 0. The molecule has 0 aliphatic carbocycles. The molecule has 1 aliphatic heterocycles. The van der Waals surface area contributed by atoms with E-state index in [0.29, 0.717) is 15.6 Å². The van der Waals surface area contributed by atoms with Crippen LogP contribution in [0.4, 0.5) is 0 Å². The lowest BCUT2D eigenvalue weighted by Crippen LogP contribution is -2.35. The maximum absolute atomic E-state index is 12.7. The van der Waals surface area contributed by atoms with Crippen LogP contribution >= 0.6 is 11.6 Å². The van der Waals surface area contributed by atoms with Gasteiger partial charge in [0.15, 0.2) is 0 Å². The second-order valence-corrected chi connectivity index (χ2v) is 6.57. The zero-order valence-electron chi connectivity index (χ0n) is 13.7. The average molecular weight is 358 g/mol. The van der Waals surface area contributed by atoms with Crippen LogP contribution in [0.5, 0.6) is 0 Å². The van der Waals surface area contributed by atoms with Crippen LogP contribution in [0.1, 0.15) is 46.0 Å². The van der Waals surface area contributed by atoms with Crippen molar-refractivity contribution >= 4 is 29.4 Å². The largest absolute Gasteiger partial charge is 0.340 e. The van der Waals surface area contributed by atoms with Crippen molar-refractivity contribution in [1.29, 1.82) is 0 Å². The predicted molar refractivity (Wildman–Crippen MR) is 92.1 cm³/mol. The zero-order valence-corrected chi connectivity index (χ0v) is 14.5. The third kappa shape index (κ3) is 3.15. The summed E-state index contributed by atoms with van der Waals surface area (Å²) in [5, 5.41) is 1.03. The normalized spacial score (nSPS) is 14.6. The predicted octanol–water partition coefficient (Wildman–Crippen LogP) is 3.83. The highest BCUT2D eigenvalue weighted by Crippen LogP contribution is 2.30. The molecule has 1 aliphatic rings. The number of carbonyl (C=O) groups excluding carboxylic acids is 3. The van der Waals surface area contributed by atoms with Crippen molar-refractivity contribution in [3.05, 3.63) is 70.2 Å². The quantitative estimate of drug-likeness (QED) is 0.780. The van der Waals surface area contributed by atoms with E-state index in [1.807, 2.05) is 13.8 Å². The molecule has 128 valence electrons. The second kappa shape index (κ2) is 6.69. The molecule has 2 amide bonds. The molecule has 0 bridgehead atoms. The number of carbonyl (C=O) groups is 3. The minimum atomic E-state index is -0.674. The molecule has 1 unspecified atom stereocenters. The van der Waals surface area contributed by atoms with E-state index >= 15 is 0 Å². The lowest BCUT2D eigenvalue weighted by molar-refractivity contribution is -0.171. The summed E-state index contributed by atoms with van der Waals surface area (Å²) in [7, 11) is 0. The number of rotatable bonds is 4. The van der Waals surface area contributed by atoms with E-state index in [2.05, 4.69) is 0 Å². The van der Waals surface area contributed by atoms with Gasteiger partial charge in [-0.15, -0.1) is 0 Å². The van der Waals surface area contributed by atoms with Gasteiger partial charge in [-0.3, -0.25) is 9.59 Å². The number of nitrogens with zero attached hydrogens (tertiary/aromatic N) is 1. The fraction of sp³-hybridized carbons (Fsp3) is 0.211. The molecule has 5 nitrogen and oxygen atoms in total. The topological polar surface area (TPSA) is 63.7 Å². The Labute approximate surface area is 150 Å². The first-order valence-corrected chi connectivity index (χ1v) is 8.23. The highest BCUT2D eigenvalue weighted by atomic mass is 35.5. The van der Waals surface area contributed by atoms with Gasteiger partial charge in [-0.1, -0.05) is 54.8 Å². The van der Waals surface area contributed by atoms with Gasteiger partial charge < -0.3 is 4.84 Å². The number of imide groups is 1. The molecule has 2 aromatic carbocycles. The molecule has 0 aromatic heterocycles. The molecule has 0 N–H and O–H groups in total. The number of halogens is 1. The smallest absolute Gasteiger partial charge is 0.329 e. The fourth-order valence-electron chi connectivity index (χ4n) is 2.89. The summed E-state index contributed by atoms with van der Waals surface area (Å²) < 4.78 is 0. The molecule has 0 spiro atoms. The summed E-state index contributed by atoms with van der Waals surface area (Å²) in [4.78, 5) is 42.5. The minimum Gasteiger partial charge on any atom is -0.329 e. The third-order valence-corrected chi connectivity index (χ3v) is 4.30. The zero-order chi connectivity index (χ0) is 18.1. The first-order valence-electron chi connectivity index (χ1n) is 7.85. The number of amides is 2. The van der Waals surface area contributed by atoms with Crippen LogP contribution in [-0.2, 0) is 9.63 Å². The van der Waals surface area contributed by atoms with E-state index in [4.69, 9.17) is 16.4 Å². The standard InChI is InChI=1S/C19H16ClNO4/c1-11(2)16(12-6-5-7-13(20)10-12)19(24)25-21-17(22)14-8-3-4-9-15(14)18(21)23/h3-11,16H,1-2H3. The Morgan fingerprint density at radius 1 is 1.00 bits per heavy atom. The van der Waals surface area contributed by atoms with Crippen molar-refractivity contribution in [2.24, 2.45) is 5.92 Å².